The van der Waals surface area contributed by atoms with Gasteiger partial charge in [-0.3, -0.25) is 0 Å². The second-order valence-corrected chi connectivity index (χ2v) is 15.8. The van der Waals surface area contributed by atoms with Crippen LogP contribution in [-0.4, -0.2) is 0 Å². The third-order valence-electron chi connectivity index (χ3n) is 11.5. The second kappa shape index (κ2) is 13.1. The lowest BCUT2D eigenvalue weighted by molar-refractivity contribution is 0.669. The third kappa shape index (κ3) is 4.99. The third-order valence-corrected chi connectivity index (χ3v) is 12.7. The minimum Gasteiger partial charge on any atom is -0.456 e. The van der Waals surface area contributed by atoms with Crippen LogP contribution in [0.5, 0.6) is 0 Å². The first-order valence-corrected chi connectivity index (χ1v) is 20.4. The fraction of sp³-hybridized carbons (Fsp3) is 0. The molecule has 0 amide bonds. The van der Waals surface area contributed by atoms with E-state index in [2.05, 4.69) is 199 Å². The van der Waals surface area contributed by atoms with Crippen LogP contribution in [0.2, 0.25) is 0 Å². The van der Waals surface area contributed by atoms with E-state index < -0.39 is 0 Å². The predicted octanol–water partition coefficient (Wildman–Crippen LogP) is 16.3. The Morgan fingerprint density at radius 1 is 0.345 bits per heavy atom. The molecule has 0 radical (unpaired) electrons. The summed E-state index contributed by atoms with van der Waals surface area (Å²) in [5.41, 5.74) is 13.4. The van der Waals surface area contributed by atoms with Crippen molar-refractivity contribution in [3.63, 3.8) is 0 Å². The van der Waals surface area contributed by atoms with Crippen LogP contribution >= 0.6 is 11.3 Å². The molecule has 4 heteroatoms. The van der Waals surface area contributed by atoms with Gasteiger partial charge in [-0.15, -0.1) is 11.3 Å². The van der Waals surface area contributed by atoms with E-state index in [1.165, 1.54) is 31.3 Å². The highest BCUT2D eigenvalue weighted by atomic mass is 32.1. The Labute approximate surface area is 338 Å². The number of furan rings is 2. The highest BCUT2D eigenvalue weighted by Gasteiger charge is 2.29. The van der Waals surface area contributed by atoms with Gasteiger partial charge >= 0.3 is 0 Å². The molecule has 12 rings (SSSR count). The molecular formula is C54H33NO2S. The van der Waals surface area contributed by atoms with Crippen molar-refractivity contribution < 1.29 is 8.83 Å². The quantitative estimate of drug-likeness (QED) is 0.169. The molecule has 3 heterocycles. The van der Waals surface area contributed by atoms with Gasteiger partial charge in [0, 0.05) is 42.1 Å². The van der Waals surface area contributed by atoms with Gasteiger partial charge in [-0.05, 0) is 64.7 Å². The van der Waals surface area contributed by atoms with Gasteiger partial charge < -0.3 is 13.7 Å². The lowest BCUT2D eigenvalue weighted by atomic mass is 9.95. The van der Waals surface area contributed by atoms with Crippen molar-refractivity contribution in [3.05, 3.63) is 200 Å². The topological polar surface area (TPSA) is 29.5 Å². The molecule has 0 saturated carbocycles. The smallest absolute Gasteiger partial charge is 0.143 e. The minimum atomic E-state index is 0.828. The van der Waals surface area contributed by atoms with Gasteiger partial charge in [-0.1, -0.05) is 158 Å². The lowest BCUT2D eigenvalue weighted by Crippen LogP contribution is -2.12. The Kier molecular flexibility index (Phi) is 7.40. The maximum atomic E-state index is 7.01. The standard InChI is InChI=1S/C54H33NO2S/c1-4-16-34(17-5-1)37-31-33-47-51(42-25-14-24-38(53(42)57-47)35-18-6-2-7-19-35)52(37)55(43-26-15-28-46-49(43)40-22-10-12-27-45(40)56-46)44-32-30-39(36-20-8-3-9-21-36)54-50(44)41-23-11-13-29-48(41)58-54/h1-33H. The molecule has 0 aliphatic heterocycles. The van der Waals surface area contributed by atoms with Gasteiger partial charge in [0.1, 0.15) is 22.3 Å². The molecule has 0 N–H and O–H groups in total. The zero-order valence-electron chi connectivity index (χ0n) is 31.2. The number of fused-ring (bicyclic) bond motifs is 9. The summed E-state index contributed by atoms with van der Waals surface area (Å²) in [4.78, 5) is 2.51. The van der Waals surface area contributed by atoms with E-state index in [1.807, 2.05) is 17.4 Å². The van der Waals surface area contributed by atoms with E-state index in [4.69, 9.17) is 8.83 Å². The summed E-state index contributed by atoms with van der Waals surface area (Å²) in [6.45, 7) is 0. The molecule has 58 heavy (non-hydrogen) atoms. The van der Waals surface area contributed by atoms with E-state index in [-0.39, 0.29) is 0 Å². The van der Waals surface area contributed by atoms with Crippen molar-refractivity contribution in [2.45, 2.75) is 0 Å². The number of thiophene rings is 1. The molecule has 3 aromatic heterocycles. The number of hydrogen-bond donors (Lipinski definition) is 0. The Hall–Kier alpha value is -7.40. The van der Waals surface area contributed by atoms with Crippen LogP contribution in [0.25, 0.3) is 97.4 Å². The number of rotatable bonds is 6. The average molecular weight is 760 g/mol. The predicted molar refractivity (Wildman–Crippen MR) is 245 cm³/mol. The summed E-state index contributed by atoms with van der Waals surface area (Å²) in [6, 6.07) is 71.3. The second-order valence-electron chi connectivity index (χ2n) is 14.7. The molecule has 0 aliphatic rings. The Bertz CT molecular complexity index is 3510. The Morgan fingerprint density at radius 2 is 0.914 bits per heavy atom. The maximum Gasteiger partial charge on any atom is 0.143 e. The van der Waals surface area contributed by atoms with Crippen molar-refractivity contribution >= 4 is 92.4 Å². The fourth-order valence-electron chi connectivity index (χ4n) is 8.95. The monoisotopic (exact) mass is 759 g/mol. The Morgan fingerprint density at radius 3 is 1.69 bits per heavy atom. The summed E-state index contributed by atoms with van der Waals surface area (Å²) in [6.07, 6.45) is 0. The first-order valence-electron chi connectivity index (χ1n) is 19.6. The number of hydrogen-bond acceptors (Lipinski definition) is 4. The van der Waals surface area contributed by atoms with Crippen LogP contribution < -0.4 is 4.90 Å². The molecule has 0 atom stereocenters. The summed E-state index contributed by atoms with van der Waals surface area (Å²) in [5.74, 6) is 0. The normalized spacial score (nSPS) is 11.8. The summed E-state index contributed by atoms with van der Waals surface area (Å²) in [5, 5.41) is 6.68. The molecule has 12 aromatic rings. The molecule has 0 saturated heterocycles. The molecule has 0 fully saturated rings. The van der Waals surface area contributed by atoms with Gasteiger partial charge in [0.25, 0.3) is 0 Å². The number of anilines is 3. The molecule has 272 valence electrons. The Balaban J connectivity index is 1.29. The molecule has 3 nitrogen and oxygen atoms in total. The van der Waals surface area contributed by atoms with Gasteiger partial charge in [-0.25, -0.2) is 0 Å². The zero-order chi connectivity index (χ0) is 38.2. The van der Waals surface area contributed by atoms with Crippen molar-refractivity contribution in [3.8, 4) is 33.4 Å². The molecule has 0 bridgehead atoms. The maximum absolute atomic E-state index is 7.01. The number of para-hydroxylation sites is 2. The first kappa shape index (κ1) is 32.8. The van der Waals surface area contributed by atoms with Crippen LogP contribution in [0, 0.1) is 0 Å². The van der Waals surface area contributed by atoms with E-state index >= 15 is 0 Å². The zero-order valence-corrected chi connectivity index (χ0v) is 32.0. The minimum absolute atomic E-state index is 0.828. The van der Waals surface area contributed by atoms with Crippen LogP contribution in [0.3, 0.4) is 0 Å². The molecule has 9 aromatic carbocycles. The van der Waals surface area contributed by atoms with Crippen LogP contribution in [0.1, 0.15) is 0 Å². The number of nitrogens with zero attached hydrogens (tertiary/aromatic N) is 1. The highest BCUT2D eigenvalue weighted by Crippen LogP contribution is 2.55. The largest absolute Gasteiger partial charge is 0.456 e. The highest BCUT2D eigenvalue weighted by molar-refractivity contribution is 7.26. The van der Waals surface area contributed by atoms with Crippen LogP contribution in [-0.2, 0) is 0 Å². The first-order chi connectivity index (χ1) is 28.8. The fourth-order valence-corrected chi connectivity index (χ4v) is 10.2. The van der Waals surface area contributed by atoms with Crippen LogP contribution in [0.4, 0.5) is 17.1 Å². The molecule has 0 spiro atoms. The average Bonchev–Trinajstić information content (AvgIpc) is 4.00. The van der Waals surface area contributed by atoms with Gasteiger partial charge in [0.2, 0.25) is 0 Å². The van der Waals surface area contributed by atoms with E-state index in [9.17, 15) is 0 Å². The lowest BCUT2D eigenvalue weighted by Gasteiger charge is -2.30. The summed E-state index contributed by atoms with van der Waals surface area (Å²) in [7, 11) is 0. The van der Waals surface area contributed by atoms with Crippen molar-refractivity contribution in [1.29, 1.82) is 0 Å². The molecule has 0 unspecified atom stereocenters. The van der Waals surface area contributed by atoms with Crippen LogP contribution in [0.15, 0.2) is 209 Å². The van der Waals surface area contributed by atoms with Gasteiger partial charge in [0.05, 0.1) is 27.8 Å². The van der Waals surface area contributed by atoms with E-state index in [1.54, 1.807) is 0 Å². The van der Waals surface area contributed by atoms with Crippen molar-refractivity contribution in [2.24, 2.45) is 0 Å². The SMILES string of the molecule is c1ccc(-c2ccc3oc4c(-c5ccccc5)cccc4c3c2N(c2cccc3oc4ccccc4c23)c2ccc(-c3ccccc3)c3sc4ccccc4c23)cc1. The summed E-state index contributed by atoms with van der Waals surface area (Å²) >= 11 is 1.86. The van der Waals surface area contributed by atoms with E-state index in [0.29, 0.717) is 0 Å². The van der Waals surface area contributed by atoms with Gasteiger partial charge in [0.15, 0.2) is 0 Å². The summed E-state index contributed by atoms with van der Waals surface area (Å²) < 4.78 is 16.1. The molecular weight excluding hydrogens is 727 g/mol. The number of benzene rings is 9. The van der Waals surface area contributed by atoms with Crippen molar-refractivity contribution in [2.75, 3.05) is 4.90 Å². The van der Waals surface area contributed by atoms with Gasteiger partial charge in [-0.2, -0.15) is 0 Å². The van der Waals surface area contributed by atoms with E-state index in [0.717, 1.165) is 83.2 Å². The van der Waals surface area contributed by atoms with Crippen molar-refractivity contribution in [1.82, 2.24) is 0 Å². The molecule has 0 aliphatic carbocycles.